The Morgan fingerprint density at radius 2 is 1.50 bits per heavy atom. The maximum absolute atomic E-state index is 14.7. The van der Waals surface area contributed by atoms with Gasteiger partial charge >= 0.3 is 5.97 Å². The van der Waals surface area contributed by atoms with E-state index in [0.29, 0.717) is 48.2 Å². The second-order valence-corrected chi connectivity index (χ2v) is 23.0. The van der Waals surface area contributed by atoms with Crippen molar-refractivity contribution in [3.8, 4) is 0 Å². The Morgan fingerprint density at radius 3 is 2.19 bits per heavy atom. The molecule has 298 valence electrons. The number of aromatic carboxylic acids is 1. The van der Waals surface area contributed by atoms with Crippen LogP contribution in [0, 0.1) is 51.2 Å². The smallest absolute Gasteiger partial charge is 0.335 e. The summed E-state index contributed by atoms with van der Waals surface area (Å²) in [4.78, 5) is 28.5. The predicted octanol–water partition coefficient (Wildman–Crippen LogP) is 9.17. The maximum Gasteiger partial charge on any atom is 0.335 e. The first-order valence-corrected chi connectivity index (χ1v) is 23.7. The molecule has 0 spiro atoms. The molecule has 5 saturated carbocycles. The summed E-state index contributed by atoms with van der Waals surface area (Å²) in [5, 5.41) is 13.4. The summed E-state index contributed by atoms with van der Waals surface area (Å²) in [6.45, 7) is 13.8. The number of sulfone groups is 1. The molecule has 1 amide bonds. The number of amides is 1. The number of nitrogens with one attached hydrogen (secondary N) is 1. The van der Waals surface area contributed by atoms with Crippen molar-refractivity contribution < 1.29 is 23.1 Å². The number of benzene rings is 1. The zero-order valence-electron chi connectivity index (χ0n) is 33.9. The van der Waals surface area contributed by atoms with Crippen molar-refractivity contribution in [2.45, 2.75) is 149 Å². The molecule has 8 heteroatoms. The van der Waals surface area contributed by atoms with E-state index >= 15 is 0 Å². The van der Waals surface area contributed by atoms with Gasteiger partial charge in [0.15, 0.2) is 9.84 Å². The summed E-state index contributed by atoms with van der Waals surface area (Å²) < 4.78 is 24.8. The zero-order valence-corrected chi connectivity index (χ0v) is 34.7. The fourth-order valence-electron chi connectivity index (χ4n) is 15.2. The molecule has 0 bridgehead atoms. The van der Waals surface area contributed by atoms with Gasteiger partial charge in [-0.1, -0.05) is 91.4 Å². The highest BCUT2D eigenvalue weighted by atomic mass is 32.2. The zero-order chi connectivity index (χ0) is 38.3. The van der Waals surface area contributed by atoms with E-state index in [-0.39, 0.29) is 50.7 Å². The van der Waals surface area contributed by atoms with Crippen LogP contribution in [0.1, 0.15) is 153 Å². The first kappa shape index (κ1) is 38.7. The molecule has 6 fully saturated rings. The van der Waals surface area contributed by atoms with Gasteiger partial charge in [-0.05, 0) is 139 Å². The SMILES string of the molecule is CC1(C)C(c2ccc(C(=O)O)cc2)=CC[C@@]2(C)C1CC[C@]1(C)C2CC[C@@H]2C3CCC[C@]3(NC(=O)C(CC3CCCCC3)N3CCS(=O)(=O)CC3)CC[C@]21C. The largest absolute Gasteiger partial charge is 0.478 e. The van der Waals surface area contributed by atoms with Crippen molar-refractivity contribution in [2.75, 3.05) is 24.6 Å². The van der Waals surface area contributed by atoms with Crippen LogP contribution in [-0.4, -0.2) is 66.5 Å². The van der Waals surface area contributed by atoms with Gasteiger partial charge in [0.25, 0.3) is 0 Å². The Kier molecular flexibility index (Phi) is 9.84. The van der Waals surface area contributed by atoms with E-state index in [0.717, 1.165) is 37.7 Å². The Balaban J connectivity index is 1.03. The van der Waals surface area contributed by atoms with Crippen molar-refractivity contribution in [2.24, 2.45) is 51.2 Å². The molecule has 1 aliphatic heterocycles. The van der Waals surface area contributed by atoms with Crippen LogP contribution in [0.3, 0.4) is 0 Å². The fourth-order valence-corrected chi connectivity index (χ4v) is 16.4. The third-order valence-electron chi connectivity index (χ3n) is 18.2. The minimum Gasteiger partial charge on any atom is -0.478 e. The van der Waals surface area contributed by atoms with Crippen molar-refractivity contribution in [3.05, 3.63) is 41.5 Å². The summed E-state index contributed by atoms with van der Waals surface area (Å²) in [5.41, 5.74) is 3.37. The lowest BCUT2D eigenvalue weighted by Gasteiger charge is -2.72. The number of hydrogen-bond acceptors (Lipinski definition) is 5. The number of carboxylic acid groups (broad SMARTS) is 1. The second-order valence-electron chi connectivity index (χ2n) is 20.7. The van der Waals surface area contributed by atoms with Gasteiger partial charge < -0.3 is 10.4 Å². The quantitative estimate of drug-likeness (QED) is 0.288. The Hall–Kier alpha value is -2.19. The van der Waals surface area contributed by atoms with Crippen LogP contribution in [0.25, 0.3) is 5.57 Å². The molecule has 7 aliphatic rings. The molecule has 1 saturated heterocycles. The summed E-state index contributed by atoms with van der Waals surface area (Å²) in [7, 11) is -3.02. The Labute approximate surface area is 325 Å². The van der Waals surface area contributed by atoms with Gasteiger partial charge in [-0.15, -0.1) is 0 Å². The highest BCUT2D eigenvalue weighted by molar-refractivity contribution is 7.91. The van der Waals surface area contributed by atoms with E-state index < -0.39 is 15.8 Å². The van der Waals surface area contributed by atoms with Crippen LogP contribution in [0.4, 0.5) is 0 Å². The van der Waals surface area contributed by atoms with E-state index in [2.05, 4.69) is 50.9 Å². The molecule has 0 radical (unpaired) electrons. The lowest BCUT2D eigenvalue weighted by Crippen LogP contribution is -2.68. The number of allylic oxidation sites excluding steroid dienone is 2. The minimum absolute atomic E-state index is 0.0129. The Morgan fingerprint density at radius 1 is 0.796 bits per heavy atom. The van der Waals surface area contributed by atoms with E-state index in [4.69, 9.17) is 0 Å². The van der Waals surface area contributed by atoms with Gasteiger partial charge in [0.2, 0.25) is 5.91 Å². The van der Waals surface area contributed by atoms with Crippen LogP contribution >= 0.6 is 0 Å². The number of hydrogen-bond donors (Lipinski definition) is 2. The summed E-state index contributed by atoms with van der Waals surface area (Å²) in [6.07, 6.45) is 21.3. The van der Waals surface area contributed by atoms with Crippen LogP contribution in [0.2, 0.25) is 0 Å². The molecular weight excluding hydrogens is 693 g/mol. The van der Waals surface area contributed by atoms with Crippen LogP contribution in [-0.2, 0) is 14.6 Å². The minimum atomic E-state index is -3.02. The molecule has 7 nitrogen and oxygen atoms in total. The van der Waals surface area contributed by atoms with Crippen molar-refractivity contribution in [3.63, 3.8) is 0 Å². The highest BCUT2D eigenvalue weighted by Crippen LogP contribution is 2.76. The summed E-state index contributed by atoms with van der Waals surface area (Å²) >= 11 is 0. The molecule has 2 N–H and O–H groups in total. The van der Waals surface area contributed by atoms with Crippen molar-refractivity contribution in [1.82, 2.24) is 10.2 Å². The molecule has 0 aromatic heterocycles. The Bertz CT molecular complexity index is 1750. The monoisotopic (exact) mass is 760 g/mol. The van der Waals surface area contributed by atoms with Gasteiger partial charge in [-0.2, -0.15) is 0 Å². The lowest BCUT2D eigenvalue weighted by atomic mass is 9.33. The van der Waals surface area contributed by atoms with Gasteiger partial charge in [0.05, 0.1) is 23.1 Å². The number of carbonyl (C=O) groups excluding carboxylic acids is 1. The molecule has 8 rings (SSSR count). The molecule has 54 heavy (non-hydrogen) atoms. The van der Waals surface area contributed by atoms with Crippen LogP contribution < -0.4 is 5.32 Å². The van der Waals surface area contributed by atoms with Crippen LogP contribution in [0.5, 0.6) is 0 Å². The predicted molar refractivity (Wildman–Crippen MR) is 216 cm³/mol. The molecule has 6 aliphatic carbocycles. The van der Waals surface area contributed by atoms with Gasteiger partial charge in [-0.25, -0.2) is 13.2 Å². The molecule has 9 atom stereocenters. The van der Waals surface area contributed by atoms with Gasteiger partial charge in [-0.3, -0.25) is 9.69 Å². The molecule has 1 aromatic rings. The van der Waals surface area contributed by atoms with Gasteiger partial charge in [0.1, 0.15) is 0 Å². The average molecular weight is 761 g/mol. The van der Waals surface area contributed by atoms with E-state index in [1.54, 1.807) is 12.1 Å². The normalized spacial score (nSPS) is 40.9. The molecule has 1 heterocycles. The van der Waals surface area contributed by atoms with E-state index in [1.165, 1.54) is 76.2 Å². The average Bonchev–Trinajstić information content (AvgIpc) is 3.55. The van der Waals surface area contributed by atoms with Crippen LogP contribution in [0.15, 0.2) is 30.3 Å². The summed E-state index contributed by atoms with van der Waals surface area (Å²) in [5.74, 6) is 2.50. The lowest BCUT2D eigenvalue weighted by molar-refractivity contribution is -0.217. The number of carbonyl (C=O) groups is 2. The third-order valence-corrected chi connectivity index (χ3v) is 19.8. The highest BCUT2D eigenvalue weighted by Gasteiger charge is 2.69. The van der Waals surface area contributed by atoms with E-state index in [1.807, 2.05) is 12.1 Å². The number of carboxylic acids is 1. The second kappa shape index (κ2) is 13.7. The first-order chi connectivity index (χ1) is 25.5. The third kappa shape index (κ3) is 6.16. The van der Waals surface area contributed by atoms with Gasteiger partial charge in [0, 0.05) is 18.6 Å². The van der Waals surface area contributed by atoms with E-state index in [9.17, 15) is 23.1 Å². The number of nitrogens with zero attached hydrogens (tertiary/aromatic N) is 1. The molecule has 4 unspecified atom stereocenters. The summed E-state index contributed by atoms with van der Waals surface area (Å²) in [6, 6.07) is 7.33. The number of rotatable bonds is 7. The maximum atomic E-state index is 14.7. The molecular formula is C46H68N2O5S. The standard InChI is InChI=1S/C46H68N2O5S/c1-42(2)34(32-13-15-33(16-14-32)41(50)51)19-22-43(3)38(42)20-23-45(5)39(43)18-17-35-36-12-9-21-46(36,25-24-44(35,45)4)47-40(49)37(30-31-10-7-6-8-11-31)48-26-28-54(52,53)29-27-48/h13-16,19,31,35-39H,6-12,17-18,20-30H2,1-5H3,(H,47,49)(H,50,51)/t35-,36?,37?,38?,39?,43+,44-,45-,46+/m1/s1. The fraction of sp³-hybridized carbons (Fsp3) is 0.783. The number of fused-ring (bicyclic) bond motifs is 7. The van der Waals surface area contributed by atoms with Crippen molar-refractivity contribution in [1.29, 1.82) is 0 Å². The first-order valence-electron chi connectivity index (χ1n) is 21.8. The molecule has 1 aromatic carbocycles. The van der Waals surface area contributed by atoms with Crippen molar-refractivity contribution >= 4 is 27.3 Å². The topological polar surface area (TPSA) is 104 Å².